The van der Waals surface area contributed by atoms with Gasteiger partial charge in [0.1, 0.15) is 31.2 Å². The lowest BCUT2D eigenvalue weighted by molar-refractivity contribution is 0.0735. The van der Waals surface area contributed by atoms with Gasteiger partial charge in [-0.1, -0.05) is 12.1 Å². The number of pyridine rings is 1. The van der Waals surface area contributed by atoms with Crippen LogP contribution in [0, 0.1) is 0 Å². The molecule has 1 unspecified atom stereocenters. The maximum atomic E-state index is 13.3. The Balaban J connectivity index is 1.13. The Hall–Kier alpha value is -4.00. The summed E-state index contributed by atoms with van der Waals surface area (Å²) >= 11 is 0. The van der Waals surface area contributed by atoms with Crippen molar-refractivity contribution in [3.05, 3.63) is 89.9 Å². The normalized spacial score (nSPS) is 17.2. The molecule has 172 valence electrons. The SMILES string of the molecule is O=C(c1ccc(OCc2cn3ccccc3n2)cc1)N1CCCC1c1ccc2c(c1)OCCO2. The largest absolute Gasteiger partial charge is 0.487 e. The predicted octanol–water partition coefficient (Wildman–Crippen LogP) is 4.66. The number of aromatic nitrogens is 2. The summed E-state index contributed by atoms with van der Waals surface area (Å²) in [6, 6.07) is 19.3. The number of hydrogen-bond acceptors (Lipinski definition) is 5. The minimum absolute atomic E-state index is 0.0317. The molecule has 4 heterocycles. The molecule has 2 aromatic heterocycles. The zero-order valence-electron chi connectivity index (χ0n) is 18.7. The van der Waals surface area contributed by atoms with E-state index in [0.717, 1.165) is 47.8 Å². The van der Waals surface area contributed by atoms with Gasteiger partial charge in [0, 0.05) is 24.5 Å². The molecule has 0 spiro atoms. The molecular weight excluding hydrogens is 430 g/mol. The number of carbonyl (C=O) groups excluding carboxylic acids is 1. The fourth-order valence-electron chi connectivity index (χ4n) is 4.70. The Morgan fingerprint density at radius 1 is 1.03 bits per heavy atom. The zero-order valence-corrected chi connectivity index (χ0v) is 18.7. The summed E-state index contributed by atoms with van der Waals surface area (Å²) in [4.78, 5) is 19.8. The highest BCUT2D eigenvalue weighted by atomic mass is 16.6. The van der Waals surface area contributed by atoms with E-state index in [4.69, 9.17) is 14.2 Å². The Kier molecular flexibility index (Phi) is 5.30. The van der Waals surface area contributed by atoms with Crippen molar-refractivity contribution < 1.29 is 19.0 Å². The molecule has 0 N–H and O–H groups in total. The van der Waals surface area contributed by atoms with Crippen molar-refractivity contribution in [2.24, 2.45) is 0 Å². The van der Waals surface area contributed by atoms with Crippen LogP contribution < -0.4 is 14.2 Å². The molecule has 0 saturated carbocycles. The molecule has 1 saturated heterocycles. The molecule has 2 aromatic carbocycles. The molecule has 0 bridgehead atoms. The first-order chi connectivity index (χ1) is 16.7. The molecule has 7 nitrogen and oxygen atoms in total. The maximum absolute atomic E-state index is 13.3. The number of benzene rings is 2. The number of nitrogens with zero attached hydrogens (tertiary/aromatic N) is 3. The highest BCUT2D eigenvalue weighted by Crippen LogP contribution is 2.38. The van der Waals surface area contributed by atoms with Crippen LogP contribution in [0.1, 0.15) is 40.5 Å². The quantitative estimate of drug-likeness (QED) is 0.438. The molecule has 7 heteroatoms. The van der Waals surface area contributed by atoms with E-state index in [2.05, 4.69) is 4.98 Å². The van der Waals surface area contributed by atoms with E-state index >= 15 is 0 Å². The summed E-state index contributed by atoms with van der Waals surface area (Å²) in [7, 11) is 0. The average Bonchev–Trinajstić information content (AvgIpc) is 3.54. The molecule has 0 radical (unpaired) electrons. The van der Waals surface area contributed by atoms with Crippen molar-refractivity contribution >= 4 is 11.6 Å². The second-order valence-electron chi connectivity index (χ2n) is 8.57. The van der Waals surface area contributed by atoms with E-state index in [1.807, 2.05) is 82.4 Å². The van der Waals surface area contributed by atoms with Crippen molar-refractivity contribution in [2.75, 3.05) is 19.8 Å². The number of rotatable bonds is 5. The Morgan fingerprint density at radius 2 is 1.88 bits per heavy atom. The van der Waals surface area contributed by atoms with E-state index in [1.54, 1.807) is 0 Å². The Morgan fingerprint density at radius 3 is 2.74 bits per heavy atom. The lowest BCUT2D eigenvalue weighted by atomic mass is 10.0. The minimum Gasteiger partial charge on any atom is -0.487 e. The maximum Gasteiger partial charge on any atom is 0.254 e. The fraction of sp³-hybridized carbons (Fsp3) is 0.259. The van der Waals surface area contributed by atoms with Crippen molar-refractivity contribution in [3.8, 4) is 17.2 Å². The first-order valence-corrected chi connectivity index (χ1v) is 11.6. The molecule has 1 amide bonds. The zero-order chi connectivity index (χ0) is 22.9. The van der Waals surface area contributed by atoms with Gasteiger partial charge in [0.15, 0.2) is 11.5 Å². The molecule has 4 aromatic rings. The summed E-state index contributed by atoms with van der Waals surface area (Å²) < 4.78 is 19.2. The summed E-state index contributed by atoms with van der Waals surface area (Å²) in [6.45, 7) is 2.23. The number of imidazole rings is 1. The van der Waals surface area contributed by atoms with Crippen LogP contribution in [-0.2, 0) is 6.61 Å². The van der Waals surface area contributed by atoms with Crippen molar-refractivity contribution in [3.63, 3.8) is 0 Å². The first kappa shape index (κ1) is 20.6. The number of carbonyl (C=O) groups is 1. The molecule has 2 aliphatic rings. The van der Waals surface area contributed by atoms with Crippen molar-refractivity contribution in [1.82, 2.24) is 14.3 Å². The standard InChI is InChI=1S/C27H25N3O4/c31-27(30-13-3-4-23(30)20-8-11-24-25(16-20)33-15-14-32-24)19-6-9-22(10-7-19)34-18-21-17-29-12-2-1-5-26(29)28-21/h1-2,5-12,16-17,23H,3-4,13-15,18H2. The van der Waals surface area contributed by atoms with Gasteiger partial charge >= 0.3 is 0 Å². The van der Waals surface area contributed by atoms with E-state index in [9.17, 15) is 4.79 Å². The van der Waals surface area contributed by atoms with Crippen LogP contribution in [0.5, 0.6) is 17.2 Å². The highest BCUT2D eigenvalue weighted by molar-refractivity contribution is 5.94. The van der Waals surface area contributed by atoms with E-state index in [-0.39, 0.29) is 11.9 Å². The van der Waals surface area contributed by atoms with E-state index < -0.39 is 0 Å². The lowest BCUT2D eigenvalue weighted by Crippen LogP contribution is -2.30. The molecule has 6 rings (SSSR count). The summed E-state index contributed by atoms with van der Waals surface area (Å²) in [6.07, 6.45) is 5.83. The molecule has 0 aliphatic carbocycles. The highest BCUT2D eigenvalue weighted by Gasteiger charge is 2.31. The van der Waals surface area contributed by atoms with Crippen LogP contribution in [0.2, 0.25) is 0 Å². The van der Waals surface area contributed by atoms with Gasteiger partial charge in [-0.3, -0.25) is 4.79 Å². The summed E-state index contributed by atoms with van der Waals surface area (Å²) in [5.41, 5.74) is 3.48. The molecule has 34 heavy (non-hydrogen) atoms. The summed E-state index contributed by atoms with van der Waals surface area (Å²) in [5.74, 6) is 2.27. The number of fused-ring (bicyclic) bond motifs is 2. The van der Waals surface area contributed by atoms with E-state index in [1.165, 1.54) is 0 Å². The molecule has 2 aliphatic heterocycles. The fourth-order valence-corrected chi connectivity index (χ4v) is 4.70. The van der Waals surface area contributed by atoms with Crippen LogP contribution in [0.15, 0.2) is 73.1 Å². The van der Waals surface area contributed by atoms with Gasteiger partial charge in [0.2, 0.25) is 0 Å². The molecule has 1 fully saturated rings. The average molecular weight is 456 g/mol. The van der Waals surface area contributed by atoms with Gasteiger partial charge in [-0.2, -0.15) is 0 Å². The van der Waals surface area contributed by atoms with Crippen LogP contribution in [-0.4, -0.2) is 40.0 Å². The van der Waals surface area contributed by atoms with Gasteiger partial charge < -0.3 is 23.5 Å². The molecule has 1 atom stereocenters. The van der Waals surface area contributed by atoms with Crippen molar-refractivity contribution in [2.45, 2.75) is 25.5 Å². The molecular formula is C27H25N3O4. The third-order valence-corrected chi connectivity index (χ3v) is 6.37. The van der Waals surface area contributed by atoms with Gasteiger partial charge in [-0.25, -0.2) is 4.98 Å². The third kappa shape index (κ3) is 3.94. The Labute approximate surface area is 197 Å². The summed E-state index contributed by atoms with van der Waals surface area (Å²) in [5, 5.41) is 0. The van der Waals surface area contributed by atoms with Gasteiger partial charge in [-0.15, -0.1) is 0 Å². The van der Waals surface area contributed by atoms with Crippen LogP contribution in [0.4, 0.5) is 0 Å². The number of ether oxygens (including phenoxy) is 3. The van der Waals surface area contributed by atoms with Crippen LogP contribution in [0.3, 0.4) is 0 Å². The van der Waals surface area contributed by atoms with Crippen molar-refractivity contribution in [1.29, 1.82) is 0 Å². The predicted molar refractivity (Wildman–Crippen MR) is 126 cm³/mol. The van der Waals surface area contributed by atoms with E-state index in [0.29, 0.717) is 31.1 Å². The third-order valence-electron chi connectivity index (χ3n) is 6.37. The van der Waals surface area contributed by atoms with Gasteiger partial charge in [0.05, 0.1) is 11.7 Å². The van der Waals surface area contributed by atoms with Gasteiger partial charge in [-0.05, 0) is 66.9 Å². The van der Waals surface area contributed by atoms with Crippen LogP contribution in [0.25, 0.3) is 5.65 Å². The lowest BCUT2D eigenvalue weighted by Gasteiger charge is -2.27. The van der Waals surface area contributed by atoms with Gasteiger partial charge in [0.25, 0.3) is 5.91 Å². The number of amides is 1. The first-order valence-electron chi connectivity index (χ1n) is 11.6. The second-order valence-corrected chi connectivity index (χ2v) is 8.57. The Bertz CT molecular complexity index is 1300. The topological polar surface area (TPSA) is 65.3 Å². The monoisotopic (exact) mass is 455 g/mol. The van der Waals surface area contributed by atoms with Crippen LogP contribution >= 0.6 is 0 Å². The second kappa shape index (κ2) is 8.74. The number of likely N-dealkylation sites (tertiary alicyclic amines) is 1. The number of hydrogen-bond donors (Lipinski definition) is 0. The smallest absolute Gasteiger partial charge is 0.254 e. The minimum atomic E-state index is 0.0317.